The van der Waals surface area contributed by atoms with E-state index in [0.717, 1.165) is 24.8 Å². The van der Waals surface area contributed by atoms with Crippen LogP contribution in [0.25, 0.3) is 0 Å². The van der Waals surface area contributed by atoms with Gasteiger partial charge in [0.1, 0.15) is 5.76 Å². The van der Waals surface area contributed by atoms with Crippen LogP contribution in [-0.4, -0.2) is 29.2 Å². The monoisotopic (exact) mass is 277 g/mol. The lowest BCUT2D eigenvalue weighted by atomic mass is 9.71. The standard InChI is InChI=1S/C17H27NO2/c1-14-6-8-17(13-19,9-7-14)12-18(15-4-5-15)11-16-3-2-10-20-16/h2-3,10,14-15,19H,4-9,11-13H2,1H3. The van der Waals surface area contributed by atoms with Crippen LogP contribution < -0.4 is 0 Å². The molecule has 0 aromatic carbocycles. The molecule has 3 rings (SSSR count). The molecule has 2 saturated carbocycles. The maximum Gasteiger partial charge on any atom is 0.117 e. The molecule has 1 N–H and O–H groups in total. The van der Waals surface area contributed by atoms with Gasteiger partial charge in [0, 0.05) is 24.6 Å². The lowest BCUT2D eigenvalue weighted by Gasteiger charge is -2.41. The van der Waals surface area contributed by atoms with Crippen molar-refractivity contribution in [2.24, 2.45) is 11.3 Å². The fourth-order valence-corrected chi connectivity index (χ4v) is 3.53. The third-order valence-corrected chi connectivity index (χ3v) is 5.21. The van der Waals surface area contributed by atoms with E-state index in [4.69, 9.17) is 4.42 Å². The van der Waals surface area contributed by atoms with Crippen molar-refractivity contribution in [2.45, 2.75) is 58.0 Å². The first-order valence-corrected chi connectivity index (χ1v) is 8.08. The molecule has 0 saturated heterocycles. The van der Waals surface area contributed by atoms with Crippen molar-refractivity contribution >= 4 is 0 Å². The maximum atomic E-state index is 9.95. The molecule has 0 aliphatic heterocycles. The van der Waals surface area contributed by atoms with E-state index in [2.05, 4.69) is 17.9 Å². The van der Waals surface area contributed by atoms with Crippen molar-refractivity contribution in [3.05, 3.63) is 24.2 Å². The summed E-state index contributed by atoms with van der Waals surface area (Å²) in [6.45, 7) is 4.60. The molecule has 2 fully saturated rings. The minimum absolute atomic E-state index is 0.127. The van der Waals surface area contributed by atoms with Gasteiger partial charge in [-0.1, -0.05) is 19.8 Å². The van der Waals surface area contributed by atoms with Gasteiger partial charge < -0.3 is 9.52 Å². The quantitative estimate of drug-likeness (QED) is 0.865. The first kappa shape index (κ1) is 14.2. The van der Waals surface area contributed by atoms with Crippen molar-refractivity contribution in [1.82, 2.24) is 4.90 Å². The molecule has 20 heavy (non-hydrogen) atoms. The van der Waals surface area contributed by atoms with Gasteiger partial charge in [-0.15, -0.1) is 0 Å². The summed E-state index contributed by atoms with van der Waals surface area (Å²) in [5.74, 6) is 1.88. The maximum absolute atomic E-state index is 9.95. The molecular weight excluding hydrogens is 250 g/mol. The number of nitrogens with zero attached hydrogens (tertiary/aromatic N) is 1. The number of aliphatic hydroxyl groups excluding tert-OH is 1. The van der Waals surface area contributed by atoms with Gasteiger partial charge in [0.05, 0.1) is 12.8 Å². The highest BCUT2D eigenvalue weighted by molar-refractivity contribution is 5.01. The third kappa shape index (κ3) is 3.26. The second-order valence-corrected chi connectivity index (χ2v) is 7.06. The Balaban J connectivity index is 1.65. The van der Waals surface area contributed by atoms with Crippen LogP contribution in [-0.2, 0) is 6.54 Å². The van der Waals surface area contributed by atoms with Crippen molar-refractivity contribution in [3.8, 4) is 0 Å². The van der Waals surface area contributed by atoms with E-state index in [1.165, 1.54) is 38.5 Å². The van der Waals surface area contributed by atoms with E-state index in [-0.39, 0.29) is 5.41 Å². The van der Waals surface area contributed by atoms with Crippen molar-refractivity contribution < 1.29 is 9.52 Å². The van der Waals surface area contributed by atoms with E-state index in [0.29, 0.717) is 12.6 Å². The van der Waals surface area contributed by atoms with Crippen molar-refractivity contribution in [2.75, 3.05) is 13.2 Å². The summed E-state index contributed by atoms with van der Waals surface area (Å²) in [6.07, 6.45) is 9.24. The Labute approximate surface area is 122 Å². The van der Waals surface area contributed by atoms with Gasteiger partial charge in [-0.3, -0.25) is 4.90 Å². The second-order valence-electron chi connectivity index (χ2n) is 7.06. The molecule has 0 unspecified atom stereocenters. The van der Waals surface area contributed by atoms with Crippen LogP contribution >= 0.6 is 0 Å². The summed E-state index contributed by atoms with van der Waals surface area (Å²) in [6, 6.07) is 4.73. The van der Waals surface area contributed by atoms with Crippen LogP contribution in [0.1, 0.15) is 51.2 Å². The fraction of sp³-hybridized carbons (Fsp3) is 0.765. The zero-order valence-electron chi connectivity index (χ0n) is 12.6. The Morgan fingerprint density at radius 1 is 1.30 bits per heavy atom. The average Bonchev–Trinajstić information content (AvgIpc) is 3.19. The van der Waals surface area contributed by atoms with Crippen LogP contribution in [0, 0.1) is 11.3 Å². The highest BCUT2D eigenvalue weighted by Gasteiger charge is 2.39. The Morgan fingerprint density at radius 3 is 2.60 bits per heavy atom. The van der Waals surface area contributed by atoms with Gasteiger partial charge in [-0.05, 0) is 43.7 Å². The molecule has 1 aromatic heterocycles. The summed E-state index contributed by atoms with van der Waals surface area (Å²) in [7, 11) is 0. The number of hydrogen-bond acceptors (Lipinski definition) is 3. The van der Waals surface area contributed by atoms with E-state index in [1.807, 2.05) is 6.07 Å². The molecule has 3 nitrogen and oxygen atoms in total. The van der Waals surface area contributed by atoms with Crippen LogP contribution in [0.15, 0.2) is 22.8 Å². The minimum atomic E-state index is 0.127. The van der Waals surface area contributed by atoms with Gasteiger partial charge in [0.25, 0.3) is 0 Å². The smallest absolute Gasteiger partial charge is 0.117 e. The number of aliphatic hydroxyl groups is 1. The highest BCUT2D eigenvalue weighted by Crippen LogP contribution is 2.41. The van der Waals surface area contributed by atoms with Gasteiger partial charge in [0.15, 0.2) is 0 Å². The summed E-state index contributed by atoms with van der Waals surface area (Å²) >= 11 is 0. The minimum Gasteiger partial charge on any atom is -0.468 e. The van der Waals surface area contributed by atoms with Gasteiger partial charge in [-0.25, -0.2) is 0 Å². The molecule has 1 heterocycles. The Hall–Kier alpha value is -0.800. The number of hydrogen-bond donors (Lipinski definition) is 1. The molecule has 0 radical (unpaired) electrons. The van der Waals surface area contributed by atoms with Gasteiger partial charge in [-0.2, -0.15) is 0 Å². The molecule has 112 valence electrons. The molecule has 3 heteroatoms. The first-order valence-electron chi connectivity index (χ1n) is 8.08. The molecule has 0 amide bonds. The molecule has 2 aliphatic carbocycles. The number of rotatable bonds is 6. The lowest BCUT2D eigenvalue weighted by molar-refractivity contribution is 0.0222. The highest BCUT2D eigenvalue weighted by atomic mass is 16.3. The Kier molecular flexibility index (Phi) is 4.18. The Bertz CT molecular complexity index is 403. The SMILES string of the molecule is CC1CCC(CO)(CN(Cc2ccco2)C2CC2)CC1. The van der Waals surface area contributed by atoms with E-state index >= 15 is 0 Å². The van der Waals surface area contributed by atoms with E-state index < -0.39 is 0 Å². The molecule has 1 aromatic rings. The average molecular weight is 277 g/mol. The zero-order chi connectivity index (χ0) is 14.0. The molecular formula is C17H27NO2. The molecule has 2 aliphatic rings. The summed E-state index contributed by atoms with van der Waals surface area (Å²) in [5, 5.41) is 9.95. The van der Waals surface area contributed by atoms with Crippen LogP contribution in [0.3, 0.4) is 0 Å². The zero-order valence-corrected chi connectivity index (χ0v) is 12.6. The third-order valence-electron chi connectivity index (χ3n) is 5.21. The normalized spacial score (nSPS) is 30.9. The van der Waals surface area contributed by atoms with Crippen molar-refractivity contribution in [3.63, 3.8) is 0 Å². The van der Waals surface area contributed by atoms with Crippen molar-refractivity contribution in [1.29, 1.82) is 0 Å². The lowest BCUT2D eigenvalue weighted by Crippen LogP contribution is -2.43. The van der Waals surface area contributed by atoms with E-state index in [9.17, 15) is 5.11 Å². The Morgan fingerprint density at radius 2 is 2.05 bits per heavy atom. The topological polar surface area (TPSA) is 36.6 Å². The number of furan rings is 1. The summed E-state index contributed by atoms with van der Waals surface area (Å²) in [5.41, 5.74) is 0.127. The summed E-state index contributed by atoms with van der Waals surface area (Å²) in [4.78, 5) is 2.55. The van der Waals surface area contributed by atoms with Crippen LogP contribution in [0.2, 0.25) is 0 Å². The summed E-state index contributed by atoms with van der Waals surface area (Å²) < 4.78 is 5.51. The molecule has 0 bridgehead atoms. The van der Waals surface area contributed by atoms with Gasteiger partial charge in [0.2, 0.25) is 0 Å². The van der Waals surface area contributed by atoms with Crippen LogP contribution in [0.4, 0.5) is 0 Å². The predicted octanol–water partition coefficient (Wildman–Crippen LogP) is 3.43. The first-order chi connectivity index (χ1) is 9.71. The van der Waals surface area contributed by atoms with Gasteiger partial charge >= 0.3 is 0 Å². The predicted molar refractivity (Wildman–Crippen MR) is 79.3 cm³/mol. The largest absolute Gasteiger partial charge is 0.468 e. The fourth-order valence-electron chi connectivity index (χ4n) is 3.53. The van der Waals surface area contributed by atoms with E-state index in [1.54, 1.807) is 6.26 Å². The van der Waals surface area contributed by atoms with Crippen LogP contribution in [0.5, 0.6) is 0 Å². The molecule has 0 atom stereocenters. The second kappa shape index (κ2) is 5.90. The molecule has 0 spiro atoms.